The van der Waals surface area contributed by atoms with Gasteiger partial charge in [0.25, 0.3) is 5.56 Å². The van der Waals surface area contributed by atoms with Crippen LogP contribution in [0, 0.1) is 20.8 Å². The highest BCUT2D eigenvalue weighted by molar-refractivity contribution is 7.99. The highest BCUT2D eigenvalue weighted by Gasteiger charge is 2.20. The Labute approximate surface area is 194 Å². The van der Waals surface area contributed by atoms with Gasteiger partial charge in [0.1, 0.15) is 0 Å². The highest BCUT2D eigenvalue weighted by Crippen LogP contribution is 2.25. The number of para-hydroxylation sites is 2. The van der Waals surface area contributed by atoms with E-state index >= 15 is 0 Å². The zero-order chi connectivity index (χ0) is 23.1. The molecule has 2 heterocycles. The topological polar surface area (TPSA) is 69.3 Å². The molecule has 0 saturated heterocycles. The van der Waals surface area contributed by atoms with E-state index < -0.39 is 0 Å². The van der Waals surface area contributed by atoms with Gasteiger partial charge in [0, 0.05) is 5.56 Å². The maximum Gasteiger partial charge on any atom is 0.267 e. The Kier molecular flexibility index (Phi) is 5.34. The number of hydrogen-bond donors (Lipinski definition) is 0. The second kappa shape index (κ2) is 8.33. The molecule has 0 unspecified atom stereocenters. The number of Topliss-reactive ketones (excluding diaryl/α,β-unsaturated/α-hetero) is 1. The van der Waals surface area contributed by atoms with Gasteiger partial charge in [-0.1, -0.05) is 59.8 Å². The van der Waals surface area contributed by atoms with Gasteiger partial charge in [-0.3, -0.25) is 14.0 Å². The van der Waals surface area contributed by atoms with Crippen molar-refractivity contribution < 1.29 is 4.79 Å². The molecule has 5 rings (SSSR count). The predicted octanol–water partition coefficient (Wildman–Crippen LogP) is 4.93. The molecule has 33 heavy (non-hydrogen) atoms. The molecule has 0 saturated carbocycles. The average molecular weight is 455 g/mol. The van der Waals surface area contributed by atoms with Crippen LogP contribution >= 0.6 is 11.8 Å². The van der Waals surface area contributed by atoms with Crippen molar-refractivity contribution in [2.45, 2.75) is 25.9 Å². The molecule has 0 aliphatic rings. The third kappa shape index (κ3) is 3.64. The number of thioether (sulfide) groups is 1. The Balaban J connectivity index is 1.65. The quantitative estimate of drug-likeness (QED) is 0.278. The SMILES string of the molecule is Cc1ccc(C)c(C(=O)CSc2nnc3n(-c4ccccc4C)c(=O)c4ccccc4n23)c1. The second-order valence-electron chi connectivity index (χ2n) is 8.09. The third-order valence-electron chi connectivity index (χ3n) is 5.78. The largest absolute Gasteiger partial charge is 0.293 e. The molecular weight excluding hydrogens is 432 g/mol. The van der Waals surface area contributed by atoms with Gasteiger partial charge < -0.3 is 0 Å². The van der Waals surface area contributed by atoms with Crippen molar-refractivity contribution in [2.24, 2.45) is 0 Å². The molecule has 0 N–H and O–H groups in total. The summed E-state index contributed by atoms with van der Waals surface area (Å²) >= 11 is 1.33. The molecule has 164 valence electrons. The van der Waals surface area contributed by atoms with Crippen LogP contribution in [-0.4, -0.2) is 30.7 Å². The molecule has 3 aromatic carbocycles. The van der Waals surface area contributed by atoms with E-state index in [1.807, 2.05) is 91.9 Å². The smallest absolute Gasteiger partial charge is 0.267 e. The minimum atomic E-state index is -0.150. The van der Waals surface area contributed by atoms with Crippen molar-refractivity contribution in [2.75, 3.05) is 5.75 Å². The molecular formula is C26H22N4O2S. The summed E-state index contributed by atoms with van der Waals surface area (Å²) in [5.41, 5.74) is 5.01. The first kappa shape index (κ1) is 21.2. The number of fused-ring (bicyclic) bond motifs is 3. The van der Waals surface area contributed by atoms with Gasteiger partial charge in [0.05, 0.1) is 22.3 Å². The van der Waals surface area contributed by atoms with Crippen molar-refractivity contribution in [3.63, 3.8) is 0 Å². The normalized spacial score (nSPS) is 11.4. The lowest BCUT2D eigenvalue weighted by Gasteiger charge is -2.13. The molecule has 5 aromatic rings. The number of ketones is 1. The fraction of sp³-hybridized carbons (Fsp3) is 0.154. The molecule has 2 aromatic heterocycles. The fourth-order valence-corrected chi connectivity index (χ4v) is 4.87. The zero-order valence-electron chi connectivity index (χ0n) is 18.6. The lowest BCUT2D eigenvalue weighted by atomic mass is 10.0. The molecule has 0 aliphatic carbocycles. The lowest BCUT2D eigenvalue weighted by Crippen LogP contribution is -2.22. The van der Waals surface area contributed by atoms with E-state index in [4.69, 9.17) is 0 Å². The van der Waals surface area contributed by atoms with E-state index in [1.54, 1.807) is 4.57 Å². The zero-order valence-corrected chi connectivity index (χ0v) is 19.4. The summed E-state index contributed by atoms with van der Waals surface area (Å²) in [6.45, 7) is 5.88. The minimum Gasteiger partial charge on any atom is -0.293 e. The second-order valence-corrected chi connectivity index (χ2v) is 9.03. The summed E-state index contributed by atoms with van der Waals surface area (Å²) in [4.78, 5) is 26.4. The van der Waals surface area contributed by atoms with E-state index in [1.165, 1.54) is 11.8 Å². The molecule has 0 aliphatic heterocycles. The van der Waals surface area contributed by atoms with Gasteiger partial charge in [0.2, 0.25) is 5.78 Å². The minimum absolute atomic E-state index is 0.0366. The van der Waals surface area contributed by atoms with Crippen LogP contribution in [0.2, 0.25) is 0 Å². The van der Waals surface area contributed by atoms with Crippen LogP contribution in [-0.2, 0) is 0 Å². The highest BCUT2D eigenvalue weighted by atomic mass is 32.2. The van der Waals surface area contributed by atoms with E-state index in [9.17, 15) is 9.59 Å². The maximum absolute atomic E-state index is 13.4. The summed E-state index contributed by atoms with van der Waals surface area (Å²) in [5.74, 6) is 0.687. The first-order chi connectivity index (χ1) is 16.0. The number of hydrogen-bond acceptors (Lipinski definition) is 5. The van der Waals surface area contributed by atoms with Crippen molar-refractivity contribution >= 4 is 34.2 Å². The number of rotatable bonds is 5. The van der Waals surface area contributed by atoms with Gasteiger partial charge in [-0.2, -0.15) is 0 Å². The number of carbonyl (C=O) groups excluding carboxylic acids is 1. The number of carbonyl (C=O) groups is 1. The summed E-state index contributed by atoms with van der Waals surface area (Å²) < 4.78 is 3.46. The Morgan fingerprint density at radius 1 is 0.909 bits per heavy atom. The van der Waals surface area contributed by atoms with E-state index in [2.05, 4.69) is 10.2 Å². The van der Waals surface area contributed by atoms with E-state index in [0.29, 0.717) is 21.8 Å². The number of benzene rings is 3. The number of aromatic nitrogens is 4. The summed E-state index contributed by atoms with van der Waals surface area (Å²) in [6, 6.07) is 21.0. The van der Waals surface area contributed by atoms with Crippen LogP contribution in [0.4, 0.5) is 0 Å². The number of aryl methyl sites for hydroxylation is 3. The Morgan fingerprint density at radius 3 is 2.48 bits per heavy atom. The van der Waals surface area contributed by atoms with Crippen molar-refractivity contribution in [3.8, 4) is 5.69 Å². The molecule has 0 atom stereocenters. The third-order valence-corrected chi connectivity index (χ3v) is 6.71. The lowest BCUT2D eigenvalue weighted by molar-refractivity contribution is 0.102. The van der Waals surface area contributed by atoms with Crippen LogP contribution in [0.25, 0.3) is 22.4 Å². The number of nitrogens with zero attached hydrogens (tertiary/aromatic N) is 4. The Bertz CT molecular complexity index is 1600. The predicted molar refractivity (Wildman–Crippen MR) is 132 cm³/mol. The van der Waals surface area contributed by atoms with Gasteiger partial charge >= 0.3 is 0 Å². The summed E-state index contributed by atoms with van der Waals surface area (Å²) in [5, 5.41) is 9.88. The molecule has 0 bridgehead atoms. The van der Waals surface area contributed by atoms with Crippen LogP contribution in [0.1, 0.15) is 27.0 Å². The van der Waals surface area contributed by atoms with E-state index in [-0.39, 0.29) is 17.1 Å². The van der Waals surface area contributed by atoms with Crippen molar-refractivity contribution in [1.29, 1.82) is 0 Å². The van der Waals surface area contributed by atoms with Crippen molar-refractivity contribution in [3.05, 3.63) is 99.3 Å². The maximum atomic E-state index is 13.4. The van der Waals surface area contributed by atoms with Gasteiger partial charge in [-0.15, -0.1) is 10.2 Å². The molecule has 6 nitrogen and oxygen atoms in total. The van der Waals surface area contributed by atoms with Gasteiger partial charge in [-0.05, 0) is 56.2 Å². The molecule has 0 radical (unpaired) electrons. The Morgan fingerprint density at radius 2 is 1.67 bits per heavy atom. The van der Waals surface area contributed by atoms with Gasteiger partial charge in [0.15, 0.2) is 10.9 Å². The average Bonchev–Trinajstić information content (AvgIpc) is 3.24. The Hall–Kier alpha value is -3.71. The van der Waals surface area contributed by atoms with Crippen molar-refractivity contribution in [1.82, 2.24) is 19.2 Å². The molecule has 0 spiro atoms. The van der Waals surface area contributed by atoms with Crippen LogP contribution in [0.15, 0.2) is 76.7 Å². The molecule has 0 amide bonds. The standard InChI is InChI=1S/C26H22N4O2S/c1-16-12-13-17(2)20(14-16)23(31)15-33-26-28-27-25-29(21-10-6-4-8-18(21)3)24(32)19-9-5-7-11-22(19)30(25)26/h4-14H,15H2,1-3H3. The van der Waals surface area contributed by atoms with Crippen LogP contribution in [0.3, 0.4) is 0 Å². The van der Waals surface area contributed by atoms with Crippen LogP contribution < -0.4 is 5.56 Å². The van der Waals surface area contributed by atoms with Gasteiger partial charge in [-0.25, -0.2) is 4.57 Å². The summed E-state index contributed by atoms with van der Waals surface area (Å²) in [6.07, 6.45) is 0. The molecule has 7 heteroatoms. The van der Waals surface area contributed by atoms with Crippen LogP contribution in [0.5, 0.6) is 0 Å². The fourth-order valence-electron chi connectivity index (χ4n) is 4.05. The first-order valence-electron chi connectivity index (χ1n) is 10.6. The monoisotopic (exact) mass is 454 g/mol. The van der Waals surface area contributed by atoms with E-state index in [0.717, 1.165) is 27.9 Å². The first-order valence-corrected chi connectivity index (χ1v) is 11.6. The molecule has 0 fully saturated rings. The summed E-state index contributed by atoms with van der Waals surface area (Å²) in [7, 11) is 0.